The highest BCUT2D eigenvalue weighted by atomic mass is 35.5. The number of carbonyl (C=O) groups is 2. The molecule has 31 heavy (non-hydrogen) atoms. The lowest BCUT2D eigenvalue weighted by Crippen LogP contribution is -2.15. The van der Waals surface area contributed by atoms with Gasteiger partial charge in [0.2, 0.25) is 0 Å². The van der Waals surface area contributed by atoms with E-state index in [2.05, 4.69) is 15.8 Å². The lowest BCUT2D eigenvalue weighted by Gasteiger charge is -2.09. The van der Waals surface area contributed by atoms with E-state index in [1.807, 2.05) is 12.1 Å². The number of nitrogens with zero attached hydrogens (tertiary/aromatic N) is 1. The summed E-state index contributed by atoms with van der Waals surface area (Å²) in [6.45, 7) is 1.67. The summed E-state index contributed by atoms with van der Waals surface area (Å²) in [5.74, 6) is -0.249. The van der Waals surface area contributed by atoms with Crippen LogP contribution in [0.3, 0.4) is 0 Å². The second kappa shape index (κ2) is 8.85. The Morgan fingerprint density at radius 3 is 2.19 bits per heavy atom. The fraction of sp³-hybridized carbons (Fsp3) is 0.0417. The van der Waals surface area contributed by atoms with Gasteiger partial charge < -0.3 is 15.2 Å². The lowest BCUT2D eigenvalue weighted by atomic mass is 10.1. The van der Waals surface area contributed by atoms with Crippen molar-refractivity contribution in [2.75, 3.05) is 10.6 Å². The normalized spacial score (nSPS) is 10.5. The minimum absolute atomic E-state index is 0.236. The minimum atomic E-state index is -0.389. The van der Waals surface area contributed by atoms with E-state index in [4.69, 9.17) is 16.1 Å². The Labute approximate surface area is 183 Å². The molecule has 0 spiro atoms. The van der Waals surface area contributed by atoms with Gasteiger partial charge in [0.05, 0.1) is 5.02 Å². The minimum Gasteiger partial charge on any atom is -0.360 e. The average Bonchev–Trinajstić information content (AvgIpc) is 3.16. The van der Waals surface area contributed by atoms with Crippen molar-refractivity contribution in [1.82, 2.24) is 5.16 Å². The Balaban J connectivity index is 1.55. The van der Waals surface area contributed by atoms with Gasteiger partial charge in [0.25, 0.3) is 11.8 Å². The van der Waals surface area contributed by atoms with Crippen molar-refractivity contribution in [3.63, 3.8) is 0 Å². The van der Waals surface area contributed by atoms with Gasteiger partial charge in [-0.25, -0.2) is 0 Å². The van der Waals surface area contributed by atoms with E-state index in [-0.39, 0.29) is 11.8 Å². The maximum Gasteiger partial charge on any atom is 0.261 e. The maximum absolute atomic E-state index is 13.0. The third-order valence-electron chi connectivity index (χ3n) is 4.63. The zero-order valence-corrected chi connectivity index (χ0v) is 17.3. The Hall–Kier alpha value is -3.90. The van der Waals surface area contributed by atoms with Crippen molar-refractivity contribution in [1.29, 1.82) is 0 Å². The monoisotopic (exact) mass is 431 g/mol. The molecular formula is C24H18ClN3O3. The predicted molar refractivity (Wildman–Crippen MR) is 120 cm³/mol. The molecule has 0 saturated carbocycles. The van der Waals surface area contributed by atoms with E-state index in [1.165, 1.54) is 0 Å². The second-order valence-electron chi connectivity index (χ2n) is 6.80. The standard InChI is InChI=1S/C24H18ClN3O3/c1-15-21(22(28-31-15)19-12-5-6-13-20(19)25)24(30)27-18-11-7-10-17(14-18)26-23(29)16-8-3-2-4-9-16/h2-14H,1H3,(H,26,29)(H,27,30). The molecule has 6 nitrogen and oxygen atoms in total. The van der Waals surface area contributed by atoms with E-state index in [1.54, 1.807) is 73.7 Å². The number of hydrogen-bond donors (Lipinski definition) is 2. The van der Waals surface area contributed by atoms with Crippen LogP contribution in [0, 0.1) is 6.92 Å². The molecule has 3 aromatic carbocycles. The van der Waals surface area contributed by atoms with Crippen LogP contribution in [0.5, 0.6) is 0 Å². The summed E-state index contributed by atoms with van der Waals surface area (Å²) in [4.78, 5) is 25.4. The molecule has 4 rings (SSSR count). The molecule has 2 amide bonds. The van der Waals surface area contributed by atoms with E-state index >= 15 is 0 Å². The number of benzene rings is 3. The van der Waals surface area contributed by atoms with Gasteiger partial charge in [-0.2, -0.15) is 0 Å². The number of nitrogens with one attached hydrogen (secondary N) is 2. The van der Waals surface area contributed by atoms with Crippen LogP contribution < -0.4 is 10.6 Å². The van der Waals surface area contributed by atoms with Gasteiger partial charge in [0, 0.05) is 22.5 Å². The number of rotatable bonds is 5. The summed E-state index contributed by atoms with van der Waals surface area (Å²) < 4.78 is 5.26. The molecule has 2 N–H and O–H groups in total. The fourth-order valence-electron chi connectivity index (χ4n) is 3.14. The van der Waals surface area contributed by atoms with Crippen molar-refractivity contribution in [3.05, 3.63) is 101 Å². The van der Waals surface area contributed by atoms with Crippen LogP contribution in [0.4, 0.5) is 11.4 Å². The molecule has 0 bridgehead atoms. The van der Waals surface area contributed by atoms with Crippen LogP contribution >= 0.6 is 11.6 Å². The lowest BCUT2D eigenvalue weighted by molar-refractivity contribution is 0.101. The highest BCUT2D eigenvalue weighted by molar-refractivity contribution is 6.33. The molecule has 0 fully saturated rings. The molecule has 0 radical (unpaired) electrons. The number of carbonyl (C=O) groups excluding carboxylic acids is 2. The maximum atomic E-state index is 13.0. The fourth-order valence-corrected chi connectivity index (χ4v) is 3.36. The molecule has 1 aromatic heterocycles. The van der Waals surface area contributed by atoms with Gasteiger partial charge in [0.15, 0.2) is 0 Å². The molecule has 0 unspecified atom stereocenters. The van der Waals surface area contributed by atoms with E-state index in [9.17, 15) is 9.59 Å². The van der Waals surface area contributed by atoms with Gasteiger partial charge in [-0.15, -0.1) is 0 Å². The third-order valence-corrected chi connectivity index (χ3v) is 4.96. The van der Waals surface area contributed by atoms with Crippen LogP contribution in [0.2, 0.25) is 5.02 Å². The quantitative estimate of drug-likeness (QED) is 0.417. The van der Waals surface area contributed by atoms with Crippen LogP contribution in [-0.2, 0) is 0 Å². The summed E-state index contributed by atoms with van der Waals surface area (Å²) in [5, 5.41) is 10.1. The smallest absolute Gasteiger partial charge is 0.261 e. The zero-order chi connectivity index (χ0) is 21.8. The van der Waals surface area contributed by atoms with Crippen LogP contribution in [0.15, 0.2) is 83.4 Å². The summed E-state index contributed by atoms with van der Waals surface area (Å²) >= 11 is 6.27. The van der Waals surface area contributed by atoms with Crippen molar-refractivity contribution in [2.24, 2.45) is 0 Å². The number of halogens is 1. The van der Waals surface area contributed by atoms with Crippen molar-refractivity contribution >= 4 is 34.8 Å². The summed E-state index contributed by atoms with van der Waals surface area (Å²) in [5.41, 5.74) is 2.89. The molecule has 4 aromatic rings. The molecule has 0 saturated heterocycles. The average molecular weight is 432 g/mol. The highest BCUT2D eigenvalue weighted by Gasteiger charge is 2.23. The third kappa shape index (κ3) is 4.49. The Kier molecular flexibility index (Phi) is 5.82. The molecule has 0 aliphatic heterocycles. The molecule has 1 heterocycles. The second-order valence-corrected chi connectivity index (χ2v) is 7.20. The Morgan fingerprint density at radius 2 is 1.48 bits per heavy atom. The van der Waals surface area contributed by atoms with Crippen LogP contribution in [-0.4, -0.2) is 17.0 Å². The van der Waals surface area contributed by atoms with E-state index in [0.717, 1.165) is 0 Å². The number of anilines is 2. The van der Waals surface area contributed by atoms with Gasteiger partial charge in [-0.3, -0.25) is 9.59 Å². The largest absolute Gasteiger partial charge is 0.360 e. The Morgan fingerprint density at radius 1 is 0.839 bits per heavy atom. The molecule has 0 aliphatic carbocycles. The SMILES string of the molecule is Cc1onc(-c2ccccc2Cl)c1C(=O)Nc1cccc(NC(=O)c2ccccc2)c1. The highest BCUT2D eigenvalue weighted by Crippen LogP contribution is 2.31. The molecule has 0 aliphatic rings. The van der Waals surface area contributed by atoms with Crippen LogP contribution in [0.25, 0.3) is 11.3 Å². The molecule has 7 heteroatoms. The van der Waals surface area contributed by atoms with Crippen molar-refractivity contribution in [2.45, 2.75) is 6.92 Å². The number of aryl methyl sites for hydroxylation is 1. The van der Waals surface area contributed by atoms with Crippen LogP contribution in [0.1, 0.15) is 26.5 Å². The predicted octanol–water partition coefficient (Wildman–Crippen LogP) is 5.81. The van der Waals surface area contributed by atoms with Gasteiger partial charge >= 0.3 is 0 Å². The van der Waals surface area contributed by atoms with E-state index in [0.29, 0.717) is 44.5 Å². The first-order valence-corrected chi connectivity index (χ1v) is 9.89. The summed E-state index contributed by atoms with van der Waals surface area (Å²) in [7, 11) is 0. The first kappa shape index (κ1) is 20.4. The van der Waals surface area contributed by atoms with Gasteiger partial charge in [-0.05, 0) is 43.3 Å². The molecular weight excluding hydrogens is 414 g/mol. The topological polar surface area (TPSA) is 84.2 Å². The molecule has 0 atom stereocenters. The number of aromatic nitrogens is 1. The number of hydrogen-bond acceptors (Lipinski definition) is 4. The molecule has 154 valence electrons. The number of amides is 2. The van der Waals surface area contributed by atoms with E-state index < -0.39 is 0 Å². The van der Waals surface area contributed by atoms with Gasteiger partial charge in [-0.1, -0.05) is 59.2 Å². The Bertz CT molecular complexity index is 1250. The zero-order valence-electron chi connectivity index (χ0n) is 16.6. The first-order chi connectivity index (χ1) is 15.0. The van der Waals surface area contributed by atoms with Crippen molar-refractivity contribution < 1.29 is 14.1 Å². The summed E-state index contributed by atoms with van der Waals surface area (Å²) in [6, 6.07) is 22.9. The summed E-state index contributed by atoms with van der Waals surface area (Å²) in [6.07, 6.45) is 0. The van der Waals surface area contributed by atoms with Crippen molar-refractivity contribution in [3.8, 4) is 11.3 Å². The first-order valence-electron chi connectivity index (χ1n) is 9.52. The van der Waals surface area contributed by atoms with Gasteiger partial charge in [0.1, 0.15) is 17.0 Å².